The van der Waals surface area contributed by atoms with Crippen molar-refractivity contribution < 1.29 is 14.7 Å². The van der Waals surface area contributed by atoms with Crippen molar-refractivity contribution in [1.82, 2.24) is 14.3 Å². The van der Waals surface area contributed by atoms with E-state index < -0.39 is 11.5 Å². The maximum absolute atomic E-state index is 12.8. The quantitative estimate of drug-likeness (QED) is 0.711. The molecule has 0 saturated heterocycles. The van der Waals surface area contributed by atoms with Crippen molar-refractivity contribution in [3.63, 3.8) is 0 Å². The Balaban J connectivity index is 1.89. The molecule has 7 nitrogen and oxygen atoms in total. The molecule has 26 heavy (non-hydrogen) atoms. The fourth-order valence-electron chi connectivity index (χ4n) is 2.85. The lowest BCUT2D eigenvalue weighted by Gasteiger charge is -2.19. The van der Waals surface area contributed by atoms with Crippen LogP contribution in [0.25, 0.3) is 10.9 Å². The molecule has 136 valence electrons. The Morgan fingerprint density at radius 3 is 2.69 bits per heavy atom. The number of carboxylic acid groups (broad SMARTS) is 1. The van der Waals surface area contributed by atoms with E-state index in [0.29, 0.717) is 11.4 Å². The number of carboxylic acids is 1. The van der Waals surface area contributed by atoms with E-state index in [2.05, 4.69) is 17.3 Å². The van der Waals surface area contributed by atoms with Crippen molar-refractivity contribution in [3.8, 4) is 0 Å². The van der Waals surface area contributed by atoms with E-state index in [0.717, 1.165) is 23.9 Å². The van der Waals surface area contributed by atoms with Crippen LogP contribution in [0.4, 0.5) is 5.69 Å². The second-order valence-corrected chi connectivity index (χ2v) is 6.73. The van der Waals surface area contributed by atoms with Gasteiger partial charge in [-0.1, -0.05) is 25.1 Å². The number of para-hydroxylation sites is 1. The van der Waals surface area contributed by atoms with Gasteiger partial charge in [-0.3, -0.25) is 9.48 Å². The van der Waals surface area contributed by atoms with Gasteiger partial charge >= 0.3 is 5.97 Å². The zero-order valence-corrected chi connectivity index (χ0v) is 15.1. The number of aliphatic carboxylic acids is 1. The number of nitrogens with one attached hydrogen (secondary N) is 1. The zero-order valence-electron chi connectivity index (χ0n) is 15.1. The standard InChI is InChI=1S/C19H22N4O3/c1-4-9-22-15-8-6-5-7-13(15)10-16(22)17(24)21-14-11-20-23(12-14)19(2,3)18(25)26/h5-8,10-12H,4,9H2,1-3H3,(H,21,24)(H,25,26). The molecule has 0 atom stereocenters. The summed E-state index contributed by atoms with van der Waals surface area (Å²) in [5.41, 5.74) is 0.846. The normalized spacial score (nSPS) is 11.7. The lowest BCUT2D eigenvalue weighted by Crippen LogP contribution is -2.35. The van der Waals surface area contributed by atoms with Crippen molar-refractivity contribution in [2.45, 2.75) is 39.3 Å². The molecule has 0 aliphatic rings. The van der Waals surface area contributed by atoms with Crippen LogP contribution in [0.15, 0.2) is 42.7 Å². The van der Waals surface area contributed by atoms with E-state index in [1.54, 1.807) is 13.8 Å². The third-order valence-corrected chi connectivity index (χ3v) is 4.43. The third-order valence-electron chi connectivity index (χ3n) is 4.43. The highest BCUT2D eigenvalue weighted by Crippen LogP contribution is 2.22. The molecule has 3 aromatic rings. The number of aryl methyl sites for hydroxylation is 1. The minimum atomic E-state index is -1.19. The van der Waals surface area contributed by atoms with Gasteiger partial charge in [0.2, 0.25) is 0 Å². The van der Waals surface area contributed by atoms with Gasteiger partial charge in [-0.2, -0.15) is 5.10 Å². The summed E-state index contributed by atoms with van der Waals surface area (Å²) >= 11 is 0. The molecule has 2 aromatic heterocycles. The van der Waals surface area contributed by atoms with Gasteiger partial charge in [0.05, 0.1) is 11.9 Å². The van der Waals surface area contributed by atoms with Gasteiger partial charge in [0.15, 0.2) is 5.54 Å². The number of fused-ring (bicyclic) bond motifs is 1. The summed E-state index contributed by atoms with van der Waals surface area (Å²) in [5.74, 6) is -1.25. The van der Waals surface area contributed by atoms with Gasteiger partial charge in [0.25, 0.3) is 5.91 Å². The van der Waals surface area contributed by atoms with Crippen molar-refractivity contribution in [2.75, 3.05) is 5.32 Å². The van der Waals surface area contributed by atoms with Gasteiger partial charge in [-0.25, -0.2) is 4.79 Å². The molecule has 0 unspecified atom stereocenters. The highest BCUT2D eigenvalue weighted by atomic mass is 16.4. The molecular formula is C19H22N4O3. The number of rotatable bonds is 6. The predicted octanol–water partition coefficient (Wildman–Crippen LogP) is 3.32. The van der Waals surface area contributed by atoms with Crippen molar-refractivity contribution in [3.05, 3.63) is 48.4 Å². The molecule has 3 rings (SSSR count). The van der Waals surface area contributed by atoms with Crippen molar-refractivity contribution in [2.24, 2.45) is 0 Å². The Hall–Kier alpha value is -3.09. The van der Waals surface area contributed by atoms with Crippen LogP contribution in [0.2, 0.25) is 0 Å². The SMILES string of the molecule is CCCn1c(C(=O)Nc2cnn(C(C)(C)C(=O)O)c2)cc2ccccc21. The van der Waals surface area contributed by atoms with Crippen LogP contribution in [0.3, 0.4) is 0 Å². The van der Waals surface area contributed by atoms with Crippen LogP contribution >= 0.6 is 0 Å². The maximum atomic E-state index is 12.8. The van der Waals surface area contributed by atoms with Crippen LogP contribution in [-0.2, 0) is 16.9 Å². The lowest BCUT2D eigenvalue weighted by molar-refractivity contribution is -0.146. The molecule has 1 aromatic carbocycles. The number of hydrogen-bond acceptors (Lipinski definition) is 3. The summed E-state index contributed by atoms with van der Waals surface area (Å²) in [6.07, 6.45) is 3.89. The van der Waals surface area contributed by atoms with Gasteiger partial charge in [0.1, 0.15) is 5.69 Å². The Bertz CT molecular complexity index is 968. The summed E-state index contributed by atoms with van der Waals surface area (Å²) in [5, 5.41) is 17.2. The van der Waals surface area contributed by atoms with Crippen LogP contribution < -0.4 is 5.32 Å². The van der Waals surface area contributed by atoms with E-state index in [4.69, 9.17) is 0 Å². The molecule has 0 aliphatic heterocycles. The first kappa shape index (κ1) is 17.7. The summed E-state index contributed by atoms with van der Waals surface area (Å²) < 4.78 is 3.32. The minimum absolute atomic E-state index is 0.248. The fourth-order valence-corrected chi connectivity index (χ4v) is 2.85. The van der Waals surface area contributed by atoms with E-state index in [1.807, 2.05) is 34.9 Å². The summed E-state index contributed by atoms with van der Waals surface area (Å²) in [4.78, 5) is 24.1. The van der Waals surface area contributed by atoms with Gasteiger partial charge in [-0.15, -0.1) is 0 Å². The molecule has 2 N–H and O–H groups in total. The third kappa shape index (κ3) is 3.08. The van der Waals surface area contributed by atoms with E-state index >= 15 is 0 Å². The number of aromatic nitrogens is 3. The summed E-state index contributed by atoms with van der Waals surface area (Å²) in [6, 6.07) is 9.74. The molecule has 0 fully saturated rings. The average Bonchev–Trinajstić information content (AvgIpc) is 3.21. The average molecular weight is 354 g/mol. The maximum Gasteiger partial charge on any atom is 0.331 e. The monoisotopic (exact) mass is 354 g/mol. The number of benzene rings is 1. The first-order valence-electron chi connectivity index (χ1n) is 8.52. The van der Waals surface area contributed by atoms with Crippen LogP contribution in [-0.4, -0.2) is 31.3 Å². The largest absolute Gasteiger partial charge is 0.479 e. The molecular weight excluding hydrogens is 332 g/mol. The Labute approximate surface area is 151 Å². The molecule has 7 heteroatoms. The molecule has 0 bridgehead atoms. The number of amides is 1. The zero-order chi connectivity index (χ0) is 18.9. The highest BCUT2D eigenvalue weighted by molar-refractivity contribution is 6.06. The van der Waals surface area contributed by atoms with Crippen LogP contribution in [0.1, 0.15) is 37.7 Å². The number of anilines is 1. The van der Waals surface area contributed by atoms with E-state index in [1.165, 1.54) is 17.1 Å². The number of hydrogen-bond donors (Lipinski definition) is 2. The second kappa shape index (κ2) is 6.67. The van der Waals surface area contributed by atoms with E-state index in [9.17, 15) is 14.7 Å². The van der Waals surface area contributed by atoms with Gasteiger partial charge in [-0.05, 0) is 32.4 Å². The topological polar surface area (TPSA) is 89.2 Å². The molecule has 2 heterocycles. The predicted molar refractivity (Wildman–Crippen MR) is 99.4 cm³/mol. The van der Waals surface area contributed by atoms with E-state index in [-0.39, 0.29) is 5.91 Å². The molecule has 1 amide bonds. The van der Waals surface area contributed by atoms with Crippen molar-refractivity contribution >= 4 is 28.5 Å². The Kier molecular flexibility index (Phi) is 4.54. The van der Waals surface area contributed by atoms with Gasteiger partial charge < -0.3 is 15.0 Å². The second-order valence-electron chi connectivity index (χ2n) is 6.73. The number of carbonyl (C=O) groups excluding carboxylic acids is 1. The molecule has 0 aliphatic carbocycles. The first-order valence-corrected chi connectivity index (χ1v) is 8.52. The number of nitrogens with zero attached hydrogens (tertiary/aromatic N) is 3. The first-order chi connectivity index (χ1) is 12.3. The van der Waals surface area contributed by atoms with Crippen molar-refractivity contribution in [1.29, 1.82) is 0 Å². The Morgan fingerprint density at radius 2 is 2.00 bits per heavy atom. The summed E-state index contributed by atoms with van der Waals surface area (Å²) in [6.45, 7) is 5.90. The van der Waals surface area contributed by atoms with Crippen LogP contribution in [0.5, 0.6) is 0 Å². The lowest BCUT2D eigenvalue weighted by atomic mass is 10.1. The van der Waals surface area contributed by atoms with Gasteiger partial charge in [0, 0.05) is 23.6 Å². The molecule has 0 radical (unpaired) electrons. The smallest absolute Gasteiger partial charge is 0.331 e. The Morgan fingerprint density at radius 1 is 1.27 bits per heavy atom. The summed E-state index contributed by atoms with van der Waals surface area (Å²) in [7, 11) is 0. The molecule has 0 saturated carbocycles. The minimum Gasteiger partial charge on any atom is -0.479 e. The highest BCUT2D eigenvalue weighted by Gasteiger charge is 2.30. The molecule has 0 spiro atoms. The number of carbonyl (C=O) groups is 2. The fraction of sp³-hybridized carbons (Fsp3) is 0.316. The van der Waals surface area contributed by atoms with Crippen LogP contribution in [0, 0.1) is 0 Å².